The molecular weight excluding hydrogens is 144 g/mol. The van der Waals surface area contributed by atoms with Crippen molar-refractivity contribution in [3.8, 4) is 0 Å². The van der Waals surface area contributed by atoms with E-state index in [0.717, 1.165) is 0 Å². The fourth-order valence-corrected chi connectivity index (χ4v) is 1.60. The van der Waals surface area contributed by atoms with Gasteiger partial charge in [0.05, 0.1) is 12.7 Å². The first-order valence-electron chi connectivity index (χ1n) is 3.81. The zero-order valence-electron chi connectivity index (χ0n) is 7.22. The minimum absolute atomic E-state index is 0.0602. The normalized spacial score (nSPS) is 37.5. The lowest BCUT2D eigenvalue weighted by atomic mass is 9.92. The Hall–Kier alpha value is -0.410. The third-order valence-electron chi connectivity index (χ3n) is 2.46. The van der Waals surface area contributed by atoms with E-state index < -0.39 is 5.60 Å². The molecular formula is C8H14O3. The van der Waals surface area contributed by atoms with Crippen LogP contribution < -0.4 is 0 Å². The van der Waals surface area contributed by atoms with Gasteiger partial charge in [0, 0.05) is 13.5 Å². The van der Waals surface area contributed by atoms with E-state index in [-0.39, 0.29) is 11.9 Å². The second kappa shape index (κ2) is 2.91. The van der Waals surface area contributed by atoms with Gasteiger partial charge in [-0.2, -0.15) is 0 Å². The second-order valence-electron chi connectivity index (χ2n) is 2.91. The van der Waals surface area contributed by atoms with E-state index in [1.165, 1.54) is 0 Å². The van der Waals surface area contributed by atoms with E-state index >= 15 is 0 Å². The highest BCUT2D eigenvalue weighted by Gasteiger charge is 2.45. The fraction of sp³-hybridized carbons (Fsp3) is 0.875. The number of carbonyl (C=O) groups excluding carboxylic acids is 1. The van der Waals surface area contributed by atoms with Crippen molar-refractivity contribution in [2.24, 2.45) is 0 Å². The Balaban J connectivity index is 2.82. The standard InChI is InChI=1S/C8H14O3/c1-6(9)8(10-3)4-5-11-7(8)2/h7H,4-5H2,1-3H3. The summed E-state index contributed by atoms with van der Waals surface area (Å²) in [5, 5.41) is 0. The zero-order chi connectivity index (χ0) is 8.48. The minimum Gasteiger partial charge on any atom is -0.375 e. The van der Waals surface area contributed by atoms with Crippen LogP contribution in [0.3, 0.4) is 0 Å². The summed E-state index contributed by atoms with van der Waals surface area (Å²) in [4.78, 5) is 11.2. The number of methoxy groups -OCH3 is 1. The highest BCUT2D eigenvalue weighted by atomic mass is 16.6. The van der Waals surface area contributed by atoms with Gasteiger partial charge in [-0.05, 0) is 13.8 Å². The average molecular weight is 158 g/mol. The molecule has 1 aliphatic rings. The van der Waals surface area contributed by atoms with Crippen molar-refractivity contribution in [1.82, 2.24) is 0 Å². The Kier molecular flexibility index (Phi) is 2.30. The summed E-state index contributed by atoms with van der Waals surface area (Å²) in [6.45, 7) is 4.04. The van der Waals surface area contributed by atoms with Crippen LogP contribution in [0.1, 0.15) is 20.3 Å². The van der Waals surface area contributed by atoms with Gasteiger partial charge in [-0.15, -0.1) is 0 Å². The maximum Gasteiger partial charge on any atom is 0.164 e. The Morgan fingerprint density at radius 1 is 1.73 bits per heavy atom. The van der Waals surface area contributed by atoms with Crippen LogP contribution in [0.25, 0.3) is 0 Å². The first-order valence-corrected chi connectivity index (χ1v) is 3.81. The molecule has 1 aliphatic heterocycles. The summed E-state index contributed by atoms with van der Waals surface area (Å²) in [7, 11) is 1.56. The van der Waals surface area contributed by atoms with E-state index in [4.69, 9.17) is 9.47 Å². The molecule has 2 unspecified atom stereocenters. The van der Waals surface area contributed by atoms with E-state index in [1.54, 1.807) is 14.0 Å². The quantitative estimate of drug-likeness (QED) is 0.595. The number of Topliss-reactive ketones (excluding diaryl/α,β-unsaturated/α-hetero) is 1. The third kappa shape index (κ3) is 1.19. The zero-order valence-corrected chi connectivity index (χ0v) is 7.22. The molecule has 0 aliphatic carbocycles. The summed E-state index contributed by atoms with van der Waals surface area (Å²) < 4.78 is 10.5. The van der Waals surface area contributed by atoms with Crippen molar-refractivity contribution in [2.75, 3.05) is 13.7 Å². The molecule has 1 fully saturated rings. The molecule has 1 rings (SSSR count). The first kappa shape index (κ1) is 8.68. The van der Waals surface area contributed by atoms with E-state index in [0.29, 0.717) is 13.0 Å². The van der Waals surface area contributed by atoms with Gasteiger partial charge in [-0.1, -0.05) is 0 Å². The molecule has 0 aromatic heterocycles. The van der Waals surface area contributed by atoms with Crippen molar-refractivity contribution in [3.63, 3.8) is 0 Å². The molecule has 2 atom stereocenters. The largest absolute Gasteiger partial charge is 0.375 e. The average Bonchev–Trinajstić information content (AvgIpc) is 2.32. The number of ketones is 1. The Labute approximate surface area is 66.7 Å². The minimum atomic E-state index is -0.667. The van der Waals surface area contributed by atoms with Crippen LogP contribution in [-0.4, -0.2) is 31.2 Å². The van der Waals surface area contributed by atoms with Gasteiger partial charge in [0.1, 0.15) is 0 Å². The van der Waals surface area contributed by atoms with Crippen LogP contribution in [0.4, 0.5) is 0 Å². The smallest absolute Gasteiger partial charge is 0.164 e. The summed E-state index contributed by atoms with van der Waals surface area (Å²) >= 11 is 0. The number of hydrogen-bond acceptors (Lipinski definition) is 3. The number of hydrogen-bond donors (Lipinski definition) is 0. The number of rotatable bonds is 2. The molecule has 0 bridgehead atoms. The van der Waals surface area contributed by atoms with Crippen LogP contribution in [0.5, 0.6) is 0 Å². The molecule has 0 saturated carbocycles. The van der Waals surface area contributed by atoms with Crippen molar-refractivity contribution >= 4 is 5.78 Å². The highest BCUT2D eigenvalue weighted by Crippen LogP contribution is 2.29. The summed E-state index contributed by atoms with van der Waals surface area (Å²) in [5.74, 6) is 0.0602. The highest BCUT2D eigenvalue weighted by molar-refractivity contribution is 5.86. The van der Waals surface area contributed by atoms with Crippen LogP contribution in [-0.2, 0) is 14.3 Å². The summed E-state index contributed by atoms with van der Waals surface area (Å²) in [6.07, 6.45) is 0.574. The Bertz CT molecular complexity index is 167. The molecule has 0 N–H and O–H groups in total. The lowest BCUT2D eigenvalue weighted by molar-refractivity contribution is -0.144. The fourth-order valence-electron chi connectivity index (χ4n) is 1.60. The Morgan fingerprint density at radius 3 is 2.55 bits per heavy atom. The molecule has 64 valence electrons. The molecule has 0 spiro atoms. The molecule has 3 heteroatoms. The van der Waals surface area contributed by atoms with E-state index in [9.17, 15) is 4.79 Å². The molecule has 3 nitrogen and oxygen atoms in total. The monoisotopic (exact) mass is 158 g/mol. The van der Waals surface area contributed by atoms with Gasteiger partial charge in [0.25, 0.3) is 0 Å². The predicted molar refractivity (Wildman–Crippen MR) is 40.5 cm³/mol. The molecule has 0 aromatic carbocycles. The second-order valence-corrected chi connectivity index (χ2v) is 2.91. The molecule has 1 heterocycles. The number of ether oxygens (including phenoxy) is 2. The van der Waals surface area contributed by atoms with Gasteiger partial charge in [0.15, 0.2) is 11.4 Å². The van der Waals surface area contributed by atoms with Gasteiger partial charge in [-0.3, -0.25) is 4.79 Å². The van der Waals surface area contributed by atoms with Crippen LogP contribution in [0.15, 0.2) is 0 Å². The van der Waals surface area contributed by atoms with Crippen LogP contribution >= 0.6 is 0 Å². The van der Waals surface area contributed by atoms with E-state index in [2.05, 4.69) is 0 Å². The lowest BCUT2D eigenvalue weighted by Gasteiger charge is -2.27. The molecule has 11 heavy (non-hydrogen) atoms. The number of carbonyl (C=O) groups is 1. The van der Waals surface area contributed by atoms with Gasteiger partial charge >= 0.3 is 0 Å². The molecule has 1 saturated heterocycles. The predicted octanol–water partition coefficient (Wildman–Crippen LogP) is 0.769. The molecule has 0 aromatic rings. The molecule has 0 radical (unpaired) electrons. The molecule has 0 amide bonds. The summed E-state index contributed by atoms with van der Waals surface area (Å²) in [5.41, 5.74) is -0.667. The van der Waals surface area contributed by atoms with Gasteiger partial charge in [0.2, 0.25) is 0 Å². The topological polar surface area (TPSA) is 35.5 Å². The van der Waals surface area contributed by atoms with Crippen molar-refractivity contribution in [3.05, 3.63) is 0 Å². The first-order chi connectivity index (χ1) is 5.13. The van der Waals surface area contributed by atoms with Crippen LogP contribution in [0, 0.1) is 0 Å². The maximum absolute atomic E-state index is 11.2. The van der Waals surface area contributed by atoms with Crippen molar-refractivity contribution in [2.45, 2.75) is 32.0 Å². The summed E-state index contributed by atoms with van der Waals surface area (Å²) in [6, 6.07) is 0. The van der Waals surface area contributed by atoms with Gasteiger partial charge < -0.3 is 9.47 Å². The maximum atomic E-state index is 11.2. The Morgan fingerprint density at radius 2 is 2.36 bits per heavy atom. The van der Waals surface area contributed by atoms with Crippen LogP contribution in [0.2, 0.25) is 0 Å². The van der Waals surface area contributed by atoms with Crippen molar-refractivity contribution < 1.29 is 14.3 Å². The lowest BCUT2D eigenvalue weighted by Crippen LogP contribution is -2.45. The third-order valence-corrected chi connectivity index (χ3v) is 2.46. The SMILES string of the molecule is COC1(C(C)=O)CCOC1C. The van der Waals surface area contributed by atoms with Crippen molar-refractivity contribution in [1.29, 1.82) is 0 Å². The van der Waals surface area contributed by atoms with E-state index in [1.807, 2.05) is 6.92 Å². The van der Waals surface area contributed by atoms with Gasteiger partial charge in [-0.25, -0.2) is 0 Å².